The van der Waals surface area contributed by atoms with Gasteiger partial charge in [0.05, 0.1) is 6.10 Å². The molecule has 0 bridgehead atoms. The summed E-state index contributed by atoms with van der Waals surface area (Å²) in [5.74, 6) is 0.746. The second-order valence-corrected chi connectivity index (χ2v) is 9.32. The zero-order chi connectivity index (χ0) is 26.1. The quantitative estimate of drug-likeness (QED) is 0.519. The molecule has 1 aromatic heterocycles. The van der Waals surface area contributed by atoms with Crippen molar-refractivity contribution < 1.29 is 14.7 Å². The summed E-state index contributed by atoms with van der Waals surface area (Å²) in [6.07, 6.45) is 4.95. The van der Waals surface area contributed by atoms with Crippen LogP contribution in [0.4, 0.5) is 5.82 Å². The highest BCUT2D eigenvalue weighted by Crippen LogP contribution is 2.23. The molecule has 1 atom stereocenters. The van der Waals surface area contributed by atoms with Crippen molar-refractivity contribution in [2.45, 2.75) is 71.6 Å². The van der Waals surface area contributed by atoms with E-state index in [0.29, 0.717) is 37.4 Å². The zero-order valence-electron chi connectivity index (χ0n) is 21.9. The molecule has 36 heavy (non-hydrogen) atoms. The Morgan fingerprint density at radius 1 is 1.19 bits per heavy atom. The van der Waals surface area contributed by atoms with Gasteiger partial charge in [0.1, 0.15) is 5.82 Å². The van der Waals surface area contributed by atoms with Crippen LogP contribution in [-0.2, 0) is 24.2 Å². The number of aryl methyl sites for hydroxylation is 1. The fourth-order valence-corrected chi connectivity index (χ4v) is 4.88. The first-order valence-corrected chi connectivity index (χ1v) is 13.2. The number of nitrogens with zero attached hydrogens (tertiary/aromatic N) is 3. The van der Waals surface area contributed by atoms with E-state index in [4.69, 9.17) is 5.73 Å². The Kier molecular flexibility index (Phi) is 10.3. The number of nitrogens with one attached hydrogen (secondary N) is 1. The number of carbonyl (C=O) groups is 2. The van der Waals surface area contributed by atoms with E-state index in [1.54, 1.807) is 18.0 Å². The van der Waals surface area contributed by atoms with Crippen LogP contribution >= 0.6 is 0 Å². The first-order valence-electron chi connectivity index (χ1n) is 13.2. The van der Waals surface area contributed by atoms with Crippen molar-refractivity contribution in [1.29, 1.82) is 0 Å². The number of hydrogen-bond acceptors (Lipinski definition) is 6. The lowest BCUT2D eigenvalue weighted by Gasteiger charge is -2.33. The Hall–Kier alpha value is -2.97. The topological polar surface area (TPSA) is 112 Å². The second kappa shape index (κ2) is 13.4. The highest BCUT2D eigenvalue weighted by molar-refractivity contribution is 5.97. The number of nitrogens with two attached hydrogens (primary N) is 1. The highest BCUT2D eigenvalue weighted by atomic mass is 16.3. The number of aliphatic hydroxyl groups is 1. The number of rotatable bonds is 8. The molecule has 0 spiro atoms. The molecule has 3 heterocycles. The van der Waals surface area contributed by atoms with Crippen LogP contribution in [0.3, 0.4) is 0 Å². The van der Waals surface area contributed by atoms with Crippen LogP contribution in [-0.4, -0.2) is 70.0 Å². The van der Waals surface area contributed by atoms with Crippen LogP contribution in [0.15, 0.2) is 36.5 Å². The molecule has 1 saturated heterocycles. The number of fused-ring (bicyclic) bond motifs is 1. The van der Waals surface area contributed by atoms with Crippen molar-refractivity contribution in [2.24, 2.45) is 5.73 Å². The summed E-state index contributed by atoms with van der Waals surface area (Å²) in [6, 6.07) is 10.1. The highest BCUT2D eigenvalue weighted by Gasteiger charge is 2.27. The molecule has 2 aliphatic heterocycles. The van der Waals surface area contributed by atoms with E-state index >= 15 is 0 Å². The smallest absolute Gasteiger partial charge is 0.254 e. The van der Waals surface area contributed by atoms with Crippen molar-refractivity contribution in [2.75, 3.05) is 31.5 Å². The Morgan fingerprint density at radius 2 is 1.89 bits per heavy atom. The lowest BCUT2D eigenvalue weighted by Crippen LogP contribution is -2.43. The van der Waals surface area contributed by atoms with Gasteiger partial charge in [0.2, 0.25) is 5.91 Å². The Morgan fingerprint density at radius 3 is 2.56 bits per heavy atom. The zero-order valence-corrected chi connectivity index (χ0v) is 21.9. The molecule has 0 saturated carbocycles. The van der Waals surface area contributed by atoms with Crippen LogP contribution in [0.1, 0.15) is 67.1 Å². The number of likely N-dealkylation sites (tertiary alicyclic amines) is 1. The van der Waals surface area contributed by atoms with Crippen molar-refractivity contribution >= 4 is 17.6 Å². The largest absolute Gasteiger partial charge is 0.391 e. The molecule has 1 fully saturated rings. The number of β-amino-alcohol motifs (C(OH)–C–C–N with tert-alkyl or cyclic N) is 1. The van der Waals surface area contributed by atoms with Gasteiger partial charge in [-0.1, -0.05) is 38.1 Å². The average molecular weight is 496 g/mol. The number of benzene rings is 1. The van der Waals surface area contributed by atoms with Crippen LogP contribution in [0.2, 0.25) is 0 Å². The van der Waals surface area contributed by atoms with Crippen LogP contribution in [0.5, 0.6) is 0 Å². The molecule has 0 aliphatic carbocycles. The molecule has 8 heteroatoms. The molecule has 2 aromatic rings. The Bertz CT molecular complexity index is 1020. The molecule has 4 rings (SSSR count). The maximum atomic E-state index is 13.2. The lowest BCUT2D eigenvalue weighted by atomic mass is 9.98. The van der Waals surface area contributed by atoms with Gasteiger partial charge in [0, 0.05) is 57.4 Å². The second-order valence-electron chi connectivity index (χ2n) is 9.32. The fraction of sp³-hybridized carbons (Fsp3) is 0.536. The van der Waals surface area contributed by atoms with Gasteiger partial charge in [-0.25, -0.2) is 4.98 Å². The number of aliphatic hydroxyl groups excluding tert-OH is 1. The normalized spacial score (nSPS) is 16.6. The minimum atomic E-state index is -0.595. The first kappa shape index (κ1) is 27.6. The number of pyridine rings is 1. The maximum absolute atomic E-state index is 13.2. The van der Waals surface area contributed by atoms with Crippen LogP contribution in [0, 0.1) is 0 Å². The van der Waals surface area contributed by atoms with E-state index in [9.17, 15) is 14.7 Å². The van der Waals surface area contributed by atoms with Crippen molar-refractivity contribution in [3.8, 4) is 0 Å². The summed E-state index contributed by atoms with van der Waals surface area (Å²) in [4.78, 5) is 32.9. The number of anilines is 1. The predicted octanol–water partition coefficient (Wildman–Crippen LogP) is 2.98. The number of hydrogen-bond donors (Lipinski definition) is 3. The van der Waals surface area contributed by atoms with Crippen LogP contribution < -0.4 is 11.1 Å². The van der Waals surface area contributed by atoms with E-state index in [2.05, 4.69) is 10.3 Å². The molecule has 1 unspecified atom stereocenters. The fourth-order valence-electron chi connectivity index (χ4n) is 4.88. The third-order valence-electron chi connectivity index (χ3n) is 6.96. The van der Waals surface area contributed by atoms with E-state index < -0.39 is 6.10 Å². The van der Waals surface area contributed by atoms with E-state index in [1.807, 2.05) is 49.1 Å². The summed E-state index contributed by atoms with van der Waals surface area (Å²) < 4.78 is 0. The molecule has 2 aliphatic rings. The van der Waals surface area contributed by atoms with E-state index in [0.717, 1.165) is 55.5 Å². The van der Waals surface area contributed by atoms with Gasteiger partial charge in [-0.3, -0.25) is 9.59 Å². The number of carbonyl (C=O) groups excluding carboxylic acids is 2. The van der Waals surface area contributed by atoms with Gasteiger partial charge in [-0.15, -0.1) is 0 Å². The van der Waals surface area contributed by atoms with Gasteiger partial charge in [0.25, 0.3) is 5.91 Å². The molecular weight excluding hydrogens is 454 g/mol. The summed E-state index contributed by atoms with van der Waals surface area (Å²) in [5, 5.41) is 14.1. The number of aromatic nitrogens is 1. The van der Waals surface area contributed by atoms with E-state index in [-0.39, 0.29) is 17.9 Å². The molecule has 1 aromatic carbocycles. The molecule has 0 radical (unpaired) electrons. The summed E-state index contributed by atoms with van der Waals surface area (Å²) in [5.41, 5.74) is 9.67. The lowest BCUT2D eigenvalue weighted by molar-refractivity contribution is -0.129. The monoisotopic (exact) mass is 495 g/mol. The summed E-state index contributed by atoms with van der Waals surface area (Å²) >= 11 is 0. The summed E-state index contributed by atoms with van der Waals surface area (Å²) in [7, 11) is 0. The average Bonchev–Trinajstić information content (AvgIpc) is 2.91. The minimum Gasteiger partial charge on any atom is -0.391 e. The molecule has 196 valence electrons. The number of piperidine rings is 1. The minimum absolute atomic E-state index is 0.0560. The Balaban J connectivity index is 0.00000176. The first-order chi connectivity index (χ1) is 17.4. The van der Waals surface area contributed by atoms with Gasteiger partial charge in [0.15, 0.2) is 0 Å². The molecule has 4 N–H and O–H groups in total. The van der Waals surface area contributed by atoms with Crippen molar-refractivity contribution in [3.63, 3.8) is 0 Å². The maximum Gasteiger partial charge on any atom is 0.254 e. The number of amides is 2. The third-order valence-corrected chi connectivity index (χ3v) is 6.96. The van der Waals surface area contributed by atoms with Gasteiger partial charge in [-0.05, 0) is 54.9 Å². The standard InChI is InChI=1S/C26H35N5O3.C2H6/c1-18(32)30-12-9-22(10-13-30)29-25-14-24-21(16-28-25)8-11-31(26(24)34)17-23(33)7-6-19-4-2-3-5-20(19)15-27;1-2/h2-5,14,16,22-23,33H,6-13,15,17,27H2,1H3,(H,28,29);1-2H3. The predicted molar refractivity (Wildman–Crippen MR) is 143 cm³/mol. The van der Waals surface area contributed by atoms with Crippen molar-refractivity contribution in [3.05, 3.63) is 58.8 Å². The van der Waals surface area contributed by atoms with E-state index in [1.165, 1.54) is 0 Å². The third kappa shape index (κ3) is 7.04. The van der Waals surface area contributed by atoms with Crippen LogP contribution in [0.25, 0.3) is 0 Å². The summed E-state index contributed by atoms with van der Waals surface area (Å²) in [6.45, 7) is 8.45. The van der Waals surface area contributed by atoms with Gasteiger partial charge < -0.3 is 26.0 Å². The van der Waals surface area contributed by atoms with Gasteiger partial charge in [-0.2, -0.15) is 0 Å². The molecular formula is C28H41N5O3. The van der Waals surface area contributed by atoms with Gasteiger partial charge >= 0.3 is 0 Å². The molecule has 2 amide bonds. The SMILES string of the molecule is CC.CC(=O)N1CCC(Nc2cc3c(cn2)CCN(CC(O)CCc2ccccc2CN)C3=O)CC1. The van der Waals surface area contributed by atoms with Crippen molar-refractivity contribution in [1.82, 2.24) is 14.8 Å². The molecule has 8 nitrogen and oxygen atoms in total. The Labute approximate surface area is 214 Å².